The van der Waals surface area contributed by atoms with Crippen LogP contribution in [0.1, 0.15) is 32.8 Å². The lowest BCUT2D eigenvalue weighted by atomic mass is 10.1. The van der Waals surface area contributed by atoms with Crippen molar-refractivity contribution in [3.8, 4) is 5.75 Å². The number of ether oxygens (including phenoxy) is 1. The van der Waals surface area contributed by atoms with E-state index in [9.17, 15) is 14.7 Å². The minimum absolute atomic E-state index is 0.271. The molecule has 3 aromatic rings. The summed E-state index contributed by atoms with van der Waals surface area (Å²) in [6.45, 7) is 7.51. The Labute approximate surface area is 179 Å². The number of nitrogens with one attached hydrogen (secondary N) is 1. The van der Waals surface area contributed by atoms with Gasteiger partial charge in [0.05, 0.1) is 10.2 Å². The third-order valence-electron chi connectivity index (χ3n) is 4.49. The Balaban J connectivity index is 1.76. The second-order valence-corrected chi connectivity index (χ2v) is 8.51. The van der Waals surface area contributed by atoms with Gasteiger partial charge in [-0.05, 0) is 69.2 Å². The Bertz CT molecular complexity index is 1060. The van der Waals surface area contributed by atoms with Gasteiger partial charge in [-0.1, -0.05) is 24.3 Å². The molecular weight excluding hydrogens is 402 g/mol. The molecule has 0 aliphatic heterocycles. The topological polar surface area (TPSA) is 91.8 Å². The first-order valence-corrected chi connectivity index (χ1v) is 10.5. The Morgan fingerprint density at radius 3 is 2.53 bits per heavy atom. The molecule has 1 heterocycles. The summed E-state index contributed by atoms with van der Waals surface area (Å²) in [4.78, 5) is 30.3. The molecule has 0 bridgehead atoms. The van der Waals surface area contributed by atoms with Crippen LogP contribution in [0.15, 0.2) is 42.5 Å². The number of anilines is 2. The third kappa shape index (κ3) is 4.88. The number of carboxylic acid groups (broad SMARTS) is 1. The highest BCUT2D eigenvalue weighted by Crippen LogP contribution is 2.28. The van der Waals surface area contributed by atoms with Crippen molar-refractivity contribution >= 4 is 44.4 Å². The van der Waals surface area contributed by atoms with E-state index in [2.05, 4.69) is 10.3 Å². The normalized spacial score (nSPS) is 11.3. The molecule has 158 valence electrons. The second kappa shape index (κ2) is 8.71. The molecule has 0 atom stereocenters. The number of fused-ring (bicyclic) bond motifs is 1. The maximum absolute atomic E-state index is 12.9. The summed E-state index contributed by atoms with van der Waals surface area (Å²) in [5.74, 6) is -0.630. The summed E-state index contributed by atoms with van der Waals surface area (Å²) in [6, 6.07) is 12.5. The summed E-state index contributed by atoms with van der Waals surface area (Å²) in [7, 11) is 0. The van der Waals surface area contributed by atoms with Gasteiger partial charge in [-0.15, -0.1) is 0 Å². The zero-order chi connectivity index (χ0) is 21.9. The number of hydrogen-bond donors (Lipinski definition) is 2. The van der Waals surface area contributed by atoms with Crippen LogP contribution in [0, 0.1) is 6.92 Å². The van der Waals surface area contributed by atoms with Crippen LogP contribution in [-0.4, -0.2) is 34.2 Å². The molecular formula is C22H25N3O4S. The van der Waals surface area contributed by atoms with E-state index in [1.165, 1.54) is 25.2 Å². The molecule has 3 rings (SSSR count). The van der Waals surface area contributed by atoms with Gasteiger partial charge in [0.1, 0.15) is 5.75 Å². The number of amides is 2. The van der Waals surface area contributed by atoms with Gasteiger partial charge < -0.3 is 9.84 Å². The molecule has 0 saturated heterocycles. The van der Waals surface area contributed by atoms with Crippen molar-refractivity contribution in [2.45, 2.75) is 39.7 Å². The summed E-state index contributed by atoms with van der Waals surface area (Å²) in [6.07, 6.45) is 0.775. The number of urea groups is 1. The number of rotatable bonds is 7. The number of aryl methyl sites for hydroxylation is 1. The van der Waals surface area contributed by atoms with Crippen LogP contribution < -0.4 is 15.0 Å². The number of nitrogens with zero attached hydrogens (tertiary/aromatic N) is 2. The minimum Gasteiger partial charge on any atom is -0.478 e. The van der Waals surface area contributed by atoms with Crippen molar-refractivity contribution < 1.29 is 19.4 Å². The summed E-state index contributed by atoms with van der Waals surface area (Å²) >= 11 is 1.44. The fourth-order valence-corrected chi connectivity index (χ4v) is 3.80. The number of carboxylic acids is 1. The van der Waals surface area contributed by atoms with Crippen molar-refractivity contribution in [1.82, 2.24) is 4.98 Å². The number of aliphatic carboxylic acids is 1. The van der Waals surface area contributed by atoms with E-state index in [-0.39, 0.29) is 6.03 Å². The van der Waals surface area contributed by atoms with Gasteiger partial charge in [0.15, 0.2) is 10.7 Å². The predicted molar refractivity (Wildman–Crippen MR) is 120 cm³/mol. The molecule has 2 aromatic carbocycles. The Morgan fingerprint density at radius 1 is 1.20 bits per heavy atom. The highest BCUT2D eigenvalue weighted by molar-refractivity contribution is 7.22. The van der Waals surface area contributed by atoms with Crippen molar-refractivity contribution in [2.75, 3.05) is 16.8 Å². The van der Waals surface area contributed by atoms with E-state index in [4.69, 9.17) is 4.74 Å². The Hall–Kier alpha value is -3.13. The standard InChI is InChI=1S/C22H25N3O4S/c1-5-12-25(15-7-9-16(10-8-15)29-22(3,4)19(26)27)21(28)24-20-23-17-11-6-14(2)13-18(17)30-20/h6-11,13H,5,12H2,1-4H3,(H,26,27)(H,23,24,28). The van der Waals surface area contributed by atoms with Crippen LogP contribution in [0.3, 0.4) is 0 Å². The average Bonchev–Trinajstić information content (AvgIpc) is 3.07. The van der Waals surface area contributed by atoms with Crippen LogP contribution in [-0.2, 0) is 4.79 Å². The van der Waals surface area contributed by atoms with Crippen LogP contribution in [0.25, 0.3) is 10.2 Å². The molecule has 1 aromatic heterocycles. The quantitative estimate of drug-likeness (QED) is 0.534. The first kappa shape index (κ1) is 21.6. The molecule has 0 spiro atoms. The molecule has 8 heteroatoms. The summed E-state index contributed by atoms with van der Waals surface area (Å²) < 4.78 is 6.55. The number of carbonyl (C=O) groups excluding carboxylic acids is 1. The van der Waals surface area contributed by atoms with Crippen molar-refractivity contribution in [3.05, 3.63) is 48.0 Å². The smallest absolute Gasteiger partial charge is 0.347 e. The molecule has 2 N–H and O–H groups in total. The van der Waals surface area contributed by atoms with Gasteiger partial charge in [-0.3, -0.25) is 10.2 Å². The number of carbonyl (C=O) groups is 2. The van der Waals surface area contributed by atoms with E-state index < -0.39 is 11.6 Å². The molecule has 0 aliphatic carbocycles. The maximum atomic E-state index is 12.9. The van der Waals surface area contributed by atoms with Crippen molar-refractivity contribution in [1.29, 1.82) is 0 Å². The minimum atomic E-state index is -1.34. The zero-order valence-electron chi connectivity index (χ0n) is 17.4. The van der Waals surface area contributed by atoms with Gasteiger partial charge in [-0.25, -0.2) is 14.6 Å². The van der Waals surface area contributed by atoms with Crippen molar-refractivity contribution in [2.24, 2.45) is 0 Å². The molecule has 7 nitrogen and oxygen atoms in total. The predicted octanol–water partition coefficient (Wildman–Crippen LogP) is 5.30. The molecule has 0 unspecified atom stereocenters. The molecule has 0 aliphatic rings. The Morgan fingerprint density at radius 2 is 1.90 bits per heavy atom. The molecule has 2 amide bonds. The van der Waals surface area contributed by atoms with Crippen LogP contribution in [0.5, 0.6) is 5.75 Å². The number of aromatic nitrogens is 1. The van der Waals surface area contributed by atoms with E-state index in [1.807, 2.05) is 32.0 Å². The van der Waals surface area contributed by atoms with Gasteiger partial charge in [0.25, 0.3) is 0 Å². The molecule has 0 saturated carbocycles. The van der Waals surface area contributed by atoms with E-state index in [0.717, 1.165) is 22.2 Å². The van der Waals surface area contributed by atoms with Gasteiger partial charge in [0.2, 0.25) is 0 Å². The summed E-state index contributed by atoms with van der Waals surface area (Å²) in [5, 5.41) is 12.6. The van der Waals surface area contributed by atoms with Crippen LogP contribution in [0.4, 0.5) is 15.6 Å². The monoisotopic (exact) mass is 427 g/mol. The van der Waals surface area contributed by atoms with Crippen LogP contribution >= 0.6 is 11.3 Å². The fraction of sp³-hybridized carbons (Fsp3) is 0.318. The fourth-order valence-electron chi connectivity index (χ4n) is 2.85. The average molecular weight is 428 g/mol. The van der Waals surface area contributed by atoms with E-state index >= 15 is 0 Å². The third-order valence-corrected chi connectivity index (χ3v) is 5.42. The number of thiazole rings is 1. The zero-order valence-corrected chi connectivity index (χ0v) is 18.2. The van der Waals surface area contributed by atoms with Gasteiger partial charge in [0, 0.05) is 12.2 Å². The lowest BCUT2D eigenvalue weighted by Gasteiger charge is -2.24. The molecule has 30 heavy (non-hydrogen) atoms. The lowest BCUT2D eigenvalue weighted by molar-refractivity contribution is -0.152. The van der Waals surface area contributed by atoms with Crippen molar-refractivity contribution in [3.63, 3.8) is 0 Å². The highest BCUT2D eigenvalue weighted by Gasteiger charge is 2.29. The second-order valence-electron chi connectivity index (χ2n) is 7.48. The number of hydrogen-bond acceptors (Lipinski definition) is 5. The van der Waals surface area contributed by atoms with Gasteiger partial charge in [-0.2, -0.15) is 0 Å². The molecule has 0 fully saturated rings. The first-order valence-electron chi connectivity index (χ1n) is 9.68. The summed E-state index contributed by atoms with van der Waals surface area (Å²) in [5.41, 5.74) is 1.34. The Kier molecular flexibility index (Phi) is 6.26. The maximum Gasteiger partial charge on any atom is 0.347 e. The van der Waals surface area contributed by atoms with Gasteiger partial charge >= 0.3 is 12.0 Å². The van der Waals surface area contributed by atoms with Crippen LogP contribution in [0.2, 0.25) is 0 Å². The lowest BCUT2D eigenvalue weighted by Crippen LogP contribution is -2.38. The largest absolute Gasteiger partial charge is 0.478 e. The molecule has 0 radical (unpaired) electrons. The van der Waals surface area contributed by atoms with E-state index in [1.54, 1.807) is 29.2 Å². The SMILES string of the molecule is CCCN(C(=O)Nc1nc2ccc(C)cc2s1)c1ccc(OC(C)(C)C(=O)O)cc1. The first-order chi connectivity index (χ1) is 14.2. The highest BCUT2D eigenvalue weighted by atomic mass is 32.1. The van der Waals surface area contributed by atoms with E-state index in [0.29, 0.717) is 23.1 Å². The number of benzene rings is 2.